The molecule has 0 bridgehead atoms. The number of carboxylic acid groups (broad SMARTS) is 1. The molecule has 0 radical (unpaired) electrons. The molecule has 0 heterocycles. The average Bonchev–Trinajstić information content (AvgIpc) is 2.66. The van der Waals surface area contributed by atoms with Crippen LogP contribution in [0.4, 0.5) is 0 Å². The van der Waals surface area contributed by atoms with E-state index < -0.39 is 18.4 Å². The Balaban J connectivity index is 2.10. The Hall–Kier alpha value is -3.22. The van der Waals surface area contributed by atoms with E-state index >= 15 is 0 Å². The van der Waals surface area contributed by atoms with Gasteiger partial charge in [0.25, 0.3) is 5.91 Å². The van der Waals surface area contributed by atoms with E-state index in [-0.39, 0.29) is 13.2 Å². The molecule has 0 spiro atoms. The van der Waals surface area contributed by atoms with Gasteiger partial charge in [0.05, 0.1) is 14.2 Å². The average molecular weight is 373 g/mol. The minimum absolute atomic E-state index is 0.0932. The zero-order valence-corrected chi connectivity index (χ0v) is 15.6. The molecule has 144 valence electrons. The van der Waals surface area contributed by atoms with Gasteiger partial charge in [-0.05, 0) is 36.8 Å². The predicted octanol–water partition coefficient (Wildman–Crippen LogP) is 2.50. The highest BCUT2D eigenvalue weighted by atomic mass is 16.5. The molecule has 2 aromatic rings. The van der Waals surface area contributed by atoms with Gasteiger partial charge in [0.15, 0.2) is 6.61 Å². The van der Waals surface area contributed by atoms with Crippen molar-refractivity contribution in [1.82, 2.24) is 4.90 Å². The van der Waals surface area contributed by atoms with Crippen LogP contribution in [0.15, 0.2) is 42.5 Å². The number of nitrogens with zero attached hydrogens (tertiary/aromatic N) is 1. The summed E-state index contributed by atoms with van der Waals surface area (Å²) >= 11 is 0. The maximum Gasteiger partial charge on any atom is 0.323 e. The van der Waals surface area contributed by atoms with E-state index in [4.69, 9.17) is 19.3 Å². The zero-order valence-electron chi connectivity index (χ0n) is 15.6. The Morgan fingerprint density at radius 1 is 0.963 bits per heavy atom. The van der Waals surface area contributed by atoms with E-state index in [1.54, 1.807) is 30.3 Å². The summed E-state index contributed by atoms with van der Waals surface area (Å²) in [7, 11) is 3.04. The first-order valence-electron chi connectivity index (χ1n) is 8.32. The fourth-order valence-electron chi connectivity index (χ4n) is 2.44. The lowest BCUT2D eigenvalue weighted by Gasteiger charge is -2.21. The molecule has 0 saturated carbocycles. The summed E-state index contributed by atoms with van der Waals surface area (Å²) in [4.78, 5) is 24.9. The molecule has 2 rings (SSSR count). The lowest BCUT2D eigenvalue weighted by molar-refractivity contribution is -0.145. The van der Waals surface area contributed by atoms with E-state index in [1.165, 1.54) is 19.1 Å². The second kappa shape index (κ2) is 9.47. The Morgan fingerprint density at radius 2 is 1.56 bits per heavy atom. The predicted molar refractivity (Wildman–Crippen MR) is 99.3 cm³/mol. The summed E-state index contributed by atoms with van der Waals surface area (Å²) in [6, 6.07) is 12.4. The van der Waals surface area contributed by atoms with Gasteiger partial charge in [-0.25, -0.2) is 0 Å². The van der Waals surface area contributed by atoms with Gasteiger partial charge in [-0.15, -0.1) is 0 Å². The van der Waals surface area contributed by atoms with Crippen molar-refractivity contribution in [1.29, 1.82) is 0 Å². The highest BCUT2D eigenvalue weighted by Crippen LogP contribution is 2.23. The molecule has 0 aliphatic carbocycles. The van der Waals surface area contributed by atoms with Gasteiger partial charge >= 0.3 is 5.97 Å². The first kappa shape index (κ1) is 20.1. The number of carbonyl (C=O) groups excluding carboxylic acids is 1. The lowest BCUT2D eigenvalue weighted by atomic mass is 10.2. The molecular weight excluding hydrogens is 350 g/mol. The molecule has 0 saturated heterocycles. The van der Waals surface area contributed by atoms with Gasteiger partial charge in [0, 0.05) is 12.6 Å². The summed E-state index contributed by atoms with van der Waals surface area (Å²) in [5.41, 5.74) is 1.77. The third-order valence-electron chi connectivity index (χ3n) is 3.85. The number of carbonyl (C=O) groups is 2. The number of amides is 1. The van der Waals surface area contributed by atoms with E-state index in [0.29, 0.717) is 22.8 Å². The van der Waals surface area contributed by atoms with Crippen LogP contribution < -0.4 is 14.2 Å². The molecule has 2 aromatic carbocycles. The lowest BCUT2D eigenvalue weighted by Crippen LogP contribution is -2.38. The molecule has 0 aliphatic rings. The molecule has 0 aliphatic heterocycles. The number of methoxy groups -OCH3 is 2. The van der Waals surface area contributed by atoms with E-state index in [2.05, 4.69) is 0 Å². The molecular formula is C20H23NO6. The monoisotopic (exact) mass is 373 g/mol. The van der Waals surface area contributed by atoms with Crippen molar-refractivity contribution in [3.05, 3.63) is 53.6 Å². The molecule has 1 N–H and O–H groups in total. The van der Waals surface area contributed by atoms with Crippen molar-refractivity contribution in [2.45, 2.75) is 13.5 Å². The van der Waals surface area contributed by atoms with Crippen molar-refractivity contribution < 1.29 is 28.9 Å². The SMILES string of the molecule is COc1cc(CN(CC(=O)O)C(=O)COc2ccc(C)cc2)cc(OC)c1. The number of ether oxygens (including phenoxy) is 3. The third-order valence-corrected chi connectivity index (χ3v) is 3.85. The normalized spacial score (nSPS) is 10.2. The largest absolute Gasteiger partial charge is 0.497 e. The fourth-order valence-corrected chi connectivity index (χ4v) is 2.44. The van der Waals surface area contributed by atoms with Crippen LogP contribution in [0, 0.1) is 6.92 Å². The summed E-state index contributed by atoms with van der Waals surface area (Å²) in [6.07, 6.45) is 0. The minimum atomic E-state index is -1.10. The van der Waals surface area contributed by atoms with Gasteiger partial charge < -0.3 is 24.2 Å². The Kier molecular flexibility index (Phi) is 7.05. The molecule has 1 amide bonds. The van der Waals surface area contributed by atoms with Crippen LogP contribution in [0.2, 0.25) is 0 Å². The van der Waals surface area contributed by atoms with Gasteiger partial charge in [-0.1, -0.05) is 17.7 Å². The number of hydrogen-bond acceptors (Lipinski definition) is 5. The number of carboxylic acids is 1. The third kappa shape index (κ3) is 6.22. The second-order valence-electron chi connectivity index (χ2n) is 5.97. The topological polar surface area (TPSA) is 85.3 Å². The van der Waals surface area contributed by atoms with E-state index in [0.717, 1.165) is 5.56 Å². The Bertz CT molecular complexity index is 765. The van der Waals surface area contributed by atoms with Gasteiger partial charge in [-0.3, -0.25) is 9.59 Å². The number of aryl methyl sites for hydroxylation is 1. The molecule has 27 heavy (non-hydrogen) atoms. The van der Waals surface area contributed by atoms with Crippen LogP contribution in [0.3, 0.4) is 0 Å². The van der Waals surface area contributed by atoms with Crippen LogP contribution in [0.25, 0.3) is 0 Å². The number of aliphatic carboxylic acids is 1. The molecule has 7 heteroatoms. The summed E-state index contributed by atoms with van der Waals surface area (Å²) in [5, 5.41) is 9.14. The van der Waals surface area contributed by atoms with Crippen molar-refractivity contribution in [3.8, 4) is 17.2 Å². The van der Waals surface area contributed by atoms with Crippen LogP contribution in [-0.2, 0) is 16.1 Å². The molecule has 0 unspecified atom stereocenters. The minimum Gasteiger partial charge on any atom is -0.497 e. The quantitative estimate of drug-likeness (QED) is 0.727. The summed E-state index contributed by atoms with van der Waals surface area (Å²) in [5.74, 6) is 0.131. The van der Waals surface area contributed by atoms with E-state index in [1.807, 2.05) is 19.1 Å². The van der Waals surface area contributed by atoms with Gasteiger partial charge in [0.2, 0.25) is 0 Å². The number of benzene rings is 2. The number of rotatable bonds is 9. The van der Waals surface area contributed by atoms with Crippen molar-refractivity contribution in [2.75, 3.05) is 27.4 Å². The Morgan fingerprint density at radius 3 is 2.07 bits per heavy atom. The summed E-state index contributed by atoms with van der Waals surface area (Å²) in [6.45, 7) is 1.36. The molecule has 0 aromatic heterocycles. The Labute approximate surface area is 158 Å². The second-order valence-corrected chi connectivity index (χ2v) is 5.97. The van der Waals surface area contributed by atoms with Gasteiger partial charge in [0.1, 0.15) is 23.8 Å². The van der Waals surface area contributed by atoms with Gasteiger partial charge in [-0.2, -0.15) is 0 Å². The zero-order chi connectivity index (χ0) is 19.8. The van der Waals surface area contributed by atoms with Crippen molar-refractivity contribution in [3.63, 3.8) is 0 Å². The molecule has 7 nitrogen and oxygen atoms in total. The first-order valence-corrected chi connectivity index (χ1v) is 8.32. The van der Waals surface area contributed by atoms with Crippen LogP contribution in [-0.4, -0.2) is 49.3 Å². The maximum atomic E-state index is 12.5. The van der Waals surface area contributed by atoms with Crippen LogP contribution in [0.1, 0.15) is 11.1 Å². The highest BCUT2D eigenvalue weighted by Gasteiger charge is 2.19. The van der Waals surface area contributed by atoms with Crippen molar-refractivity contribution >= 4 is 11.9 Å². The highest BCUT2D eigenvalue weighted by molar-refractivity contribution is 5.82. The fraction of sp³-hybridized carbons (Fsp3) is 0.300. The van der Waals surface area contributed by atoms with Crippen LogP contribution in [0.5, 0.6) is 17.2 Å². The van der Waals surface area contributed by atoms with Crippen molar-refractivity contribution in [2.24, 2.45) is 0 Å². The maximum absolute atomic E-state index is 12.5. The van der Waals surface area contributed by atoms with Crippen LogP contribution >= 0.6 is 0 Å². The van der Waals surface area contributed by atoms with E-state index in [9.17, 15) is 9.59 Å². The standard InChI is InChI=1S/C20H23NO6/c1-14-4-6-16(7-5-14)27-13-19(22)21(12-20(23)24)11-15-8-17(25-2)10-18(9-15)26-3/h4-10H,11-13H2,1-3H3,(H,23,24). The smallest absolute Gasteiger partial charge is 0.323 e. The summed E-state index contributed by atoms with van der Waals surface area (Å²) < 4.78 is 15.9. The first-order chi connectivity index (χ1) is 12.9. The molecule has 0 atom stereocenters. The number of hydrogen-bond donors (Lipinski definition) is 1. The molecule has 0 fully saturated rings.